The van der Waals surface area contributed by atoms with Crippen LogP contribution in [-0.2, 0) is 19.1 Å². The highest BCUT2D eigenvalue weighted by atomic mass is 16.6. The summed E-state index contributed by atoms with van der Waals surface area (Å²) in [6, 6.07) is 5.58. The highest BCUT2D eigenvalue weighted by Crippen LogP contribution is 2.48. The maximum absolute atomic E-state index is 13.4. The van der Waals surface area contributed by atoms with Crippen molar-refractivity contribution < 1.29 is 28.5 Å². The van der Waals surface area contributed by atoms with Gasteiger partial charge >= 0.3 is 5.97 Å². The van der Waals surface area contributed by atoms with Crippen molar-refractivity contribution in [3.8, 4) is 11.5 Å². The average Bonchev–Trinajstić information content (AvgIpc) is 2.75. The van der Waals surface area contributed by atoms with E-state index in [0.717, 1.165) is 11.3 Å². The van der Waals surface area contributed by atoms with E-state index in [0.29, 0.717) is 55.4 Å². The molecule has 0 amide bonds. The zero-order chi connectivity index (χ0) is 24.2. The number of ether oxygens (including phenoxy) is 4. The molecule has 0 spiro atoms. The van der Waals surface area contributed by atoms with Crippen LogP contribution in [0, 0.1) is 11.3 Å². The van der Waals surface area contributed by atoms with Gasteiger partial charge in [0.15, 0.2) is 17.3 Å². The van der Waals surface area contributed by atoms with E-state index >= 15 is 0 Å². The minimum Gasteiger partial charge on any atom is -0.493 e. The maximum Gasteiger partial charge on any atom is 0.315 e. The average molecular weight is 458 g/mol. The minimum absolute atomic E-state index is 0.0301. The van der Waals surface area contributed by atoms with E-state index in [4.69, 9.17) is 23.9 Å². The number of Topliss-reactive ketones (excluding diaryl/α,β-unsaturated/α-hetero) is 1. The lowest BCUT2D eigenvalue weighted by Crippen LogP contribution is -2.39. The predicted octanol–water partition coefficient (Wildman–Crippen LogP) is 4.49. The molecule has 1 heterocycles. The van der Waals surface area contributed by atoms with Gasteiger partial charge < -0.3 is 18.9 Å². The second kappa shape index (κ2) is 10.5. The third kappa shape index (κ3) is 5.46. The SMILES string of the molecule is CCOCCOC(=O)C1C(C)=NC2=C(C(=O)CC(C)(C)C2)[C@H]1c1ccc(OCC)c(OC)c1. The molecule has 1 aliphatic heterocycles. The Hall–Kier alpha value is -2.67. The standard InChI is InChI=1S/C26H35NO6/c1-7-31-11-12-33-25(29)22-16(3)27-18-14-26(4,5)15-19(28)24(18)23(22)17-9-10-20(32-8-2)21(13-17)30-6/h9-10,13,22-23H,7-8,11-12,14-15H2,1-6H3/t22?,23-/m0/s1. The molecule has 33 heavy (non-hydrogen) atoms. The lowest BCUT2D eigenvalue weighted by atomic mass is 9.67. The van der Waals surface area contributed by atoms with Crippen molar-refractivity contribution in [2.24, 2.45) is 16.3 Å². The topological polar surface area (TPSA) is 83.4 Å². The van der Waals surface area contributed by atoms with Crippen molar-refractivity contribution in [2.75, 3.05) is 33.5 Å². The summed E-state index contributed by atoms with van der Waals surface area (Å²) in [7, 11) is 1.58. The summed E-state index contributed by atoms with van der Waals surface area (Å²) in [5.41, 5.74) is 2.66. The van der Waals surface area contributed by atoms with E-state index < -0.39 is 17.8 Å². The van der Waals surface area contributed by atoms with Crippen LogP contribution in [0.5, 0.6) is 11.5 Å². The summed E-state index contributed by atoms with van der Waals surface area (Å²) in [5.74, 6) is -0.390. The fraction of sp³-hybridized carbons (Fsp3) is 0.577. The van der Waals surface area contributed by atoms with Gasteiger partial charge in [0.05, 0.1) is 20.3 Å². The Kier molecular flexibility index (Phi) is 7.95. The molecule has 1 unspecified atom stereocenters. The summed E-state index contributed by atoms with van der Waals surface area (Å²) in [6.07, 6.45) is 1.10. The molecule has 0 N–H and O–H groups in total. The van der Waals surface area contributed by atoms with Crippen molar-refractivity contribution in [1.29, 1.82) is 0 Å². The van der Waals surface area contributed by atoms with Crippen LogP contribution < -0.4 is 9.47 Å². The van der Waals surface area contributed by atoms with E-state index in [-0.39, 0.29) is 17.8 Å². The monoisotopic (exact) mass is 457 g/mol. The molecule has 2 aliphatic rings. The number of rotatable bonds is 9. The molecule has 0 aromatic heterocycles. The molecule has 180 valence electrons. The molecule has 1 aromatic carbocycles. The van der Waals surface area contributed by atoms with Gasteiger partial charge in [0.25, 0.3) is 0 Å². The molecule has 7 nitrogen and oxygen atoms in total. The Morgan fingerprint density at radius 3 is 2.55 bits per heavy atom. The van der Waals surface area contributed by atoms with Gasteiger partial charge in [-0.05, 0) is 50.3 Å². The largest absolute Gasteiger partial charge is 0.493 e. The third-order valence-corrected chi connectivity index (χ3v) is 6.08. The molecular weight excluding hydrogens is 422 g/mol. The van der Waals surface area contributed by atoms with E-state index in [1.807, 2.05) is 39.0 Å². The van der Waals surface area contributed by atoms with Gasteiger partial charge in [-0.2, -0.15) is 0 Å². The predicted molar refractivity (Wildman–Crippen MR) is 126 cm³/mol. The first kappa shape index (κ1) is 25.0. The van der Waals surface area contributed by atoms with Gasteiger partial charge in [-0.25, -0.2) is 0 Å². The van der Waals surface area contributed by atoms with Crippen molar-refractivity contribution >= 4 is 17.5 Å². The van der Waals surface area contributed by atoms with Crippen LogP contribution in [0.1, 0.15) is 58.9 Å². The second-order valence-electron chi connectivity index (χ2n) is 9.22. The molecule has 0 saturated carbocycles. The number of methoxy groups -OCH3 is 1. The van der Waals surface area contributed by atoms with Gasteiger partial charge in [-0.15, -0.1) is 0 Å². The van der Waals surface area contributed by atoms with Crippen molar-refractivity contribution in [3.05, 3.63) is 35.0 Å². The Morgan fingerprint density at radius 2 is 1.88 bits per heavy atom. The van der Waals surface area contributed by atoms with E-state index in [2.05, 4.69) is 13.8 Å². The number of allylic oxidation sites excluding steroid dienone is 2. The molecule has 3 rings (SSSR count). The molecule has 0 fully saturated rings. The molecule has 1 aliphatic carbocycles. The van der Waals surface area contributed by atoms with Gasteiger partial charge in [0, 0.05) is 35.9 Å². The van der Waals surface area contributed by atoms with Crippen LogP contribution in [0.25, 0.3) is 0 Å². The molecule has 0 bridgehead atoms. The number of hydrogen-bond acceptors (Lipinski definition) is 7. The smallest absolute Gasteiger partial charge is 0.315 e. The van der Waals surface area contributed by atoms with E-state index in [9.17, 15) is 9.59 Å². The molecule has 0 radical (unpaired) electrons. The molecular formula is C26H35NO6. The molecule has 1 aromatic rings. The van der Waals surface area contributed by atoms with Crippen LogP contribution in [0.4, 0.5) is 0 Å². The Bertz CT molecular complexity index is 962. The summed E-state index contributed by atoms with van der Waals surface area (Å²) < 4.78 is 22.1. The summed E-state index contributed by atoms with van der Waals surface area (Å²) in [6.45, 7) is 11.3. The van der Waals surface area contributed by atoms with E-state index in [1.54, 1.807) is 7.11 Å². The zero-order valence-electron chi connectivity index (χ0n) is 20.5. The Balaban J connectivity index is 2.07. The molecule has 2 atom stereocenters. The first-order valence-corrected chi connectivity index (χ1v) is 11.6. The third-order valence-electron chi connectivity index (χ3n) is 6.08. The van der Waals surface area contributed by atoms with Crippen molar-refractivity contribution in [2.45, 2.75) is 53.4 Å². The minimum atomic E-state index is -0.696. The first-order chi connectivity index (χ1) is 15.7. The number of benzene rings is 1. The normalized spacial score (nSPS) is 21.9. The number of aliphatic imine (C=N–C) groups is 1. The van der Waals surface area contributed by atoms with Crippen LogP contribution in [0.3, 0.4) is 0 Å². The van der Waals surface area contributed by atoms with Crippen molar-refractivity contribution in [1.82, 2.24) is 0 Å². The lowest BCUT2D eigenvalue weighted by Gasteiger charge is -2.39. The Morgan fingerprint density at radius 1 is 1.12 bits per heavy atom. The fourth-order valence-electron chi connectivity index (χ4n) is 4.70. The number of carbonyl (C=O) groups excluding carboxylic acids is 2. The summed E-state index contributed by atoms with van der Waals surface area (Å²) in [5, 5.41) is 0. The van der Waals surface area contributed by atoms with Gasteiger partial charge in [-0.1, -0.05) is 19.9 Å². The van der Waals surface area contributed by atoms with Crippen LogP contribution in [0.2, 0.25) is 0 Å². The summed E-state index contributed by atoms with van der Waals surface area (Å²) in [4.78, 5) is 31.4. The maximum atomic E-state index is 13.4. The highest BCUT2D eigenvalue weighted by molar-refractivity contribution is 6.09. The van der Waals surface area contributed by atoms with Crippen LogP contribution >= 0.6 is 0 Å². The first-order valence-electron chi connectivity index (χ1n) is 11.6. The lowest BCUT2D eigenvalue weighted by molar-refractivity contribution is -0.148. The fourth-order valence-corrected chi connectivity index (χ4v) is 4.70. The highest BCUT2D eigenvalue weighted by Gasteiger charge is 2.46. The number of hydrogen-bond donors (Lipinski definition) is 0. The molecule has 0 saturated heterocycles. The van der Waals surface area contributed by atoms with Crippen molar-refractivity contribution in [3.63, 3.8) is 0 Å². The molecule has 7 heteroatoms. The second-order valence-corrected chi connectivity index (χ2v) is 9.22. The number of carbonyl (C=O) groups is 2. The summed E-state index contributed by atoms with van der Waals surface area (Å²) >= 11 is 0. The number of nitrogens with zero attached hydrogens (tertiary/aromatic N) is 1. The quantitative estimate of drug-likeness (QED) is 0.401. The van der Waals surface area contributed by atoms with Crippen LogP contribution in [0.15, 0.2) is 34.5 Å². The van der Waals surface area contributed by atoms with Gasteiger partial charge in [0.2, 0.25) is 0 Å². The van der Waals surface area contributed by atoms with E-state index in [1.165, 1.54) is 0 Å². The zero-order valence-corrected chi connectivity index (χ0v) is 20.5. The van der Waals surface area contributed by atoms with Gasteiger partial charge in [-0.3, -0.25) is 14.6 Å². The van der Waals surface area contributed by atoms with Gasteiger partial charge in [0.1, 0.15) is 12.5 Å². The van der Waals surface area contributed by atoms with Crippen LogP contribution in [-0.4, -0.2) is 51.0 Å². The Labute approximate surface area is 196 Å². The number of ketones is 1. The number of esters is 1.